The van der Waals surface area contributed by atoms with E-state index < -0.39 is 6.04 Å². The van der Waals surface area contributed by atoms with E-state index in [-0.39, 0.29) is 18.2 Å². The number of piperazine rings is 1. The maximum atomic E-state index is 13.7. The molecule has 9 heteroatoms. The molecule has 0 bridgehead atoms. The highest BCUT2D eigenvalue weighted by molar-refractivity contribution is 7.80. The van der Waals surface area contributed by atoms with Gasteiger partial charge in [-0.3, -0.25) is 19.4 Å². The Morgan fingerprint density at radius 3 is 2.17 bits per heavy atom. The molecular weight excluding hydrogens is 522 g/mol. The second-order valence-electron chi connectivity index (χ2n) is 10.00. The van der Waals surface area contributed by atoms with Crippen molar-refractivity contribution in [1.29, 1.82) is 0 Å². The summed E-state index contributed by atoms with van der Waals surface area (Å²) in [5.74, 6) is 0.296. The predicted octanol–water partition coefficient (Wildman–Crippen LogP) is 4.24. The normalized spacial score (nSPS) is 17.8. The average Bonchev–Trinajstić information content (AvgIpc) is 3.22. The van der Waals surface area contributed by atoms with Gasteiger partial charge >= 0.3 is 0 Å². The lowest BCUT2D eigenvalue weighted by molar-refractivity contribution is -0.124. The molecular formula is C31H35N5O3S. The Labute approximate surface area is 241 Å². The van der Waals surface area contributed by atoms with Crippen LogP contribution < -0.4 is 19.9 Å². The summed E-state index contributed by atoms with van der Waals surface area (Å²) in [5, 5.41) is 3.34. The second-order valence-corrected chi connectivity index (χ2v) is 10.4. The Kier molecular flexibility index (Phi) is 8.93. The molecule has 0 saturated carbocycles. The maximum absolute atomic E-state index is 13.7. The number of rotatable bonds is 10. The molecule has 1 atom stereocenters. The first kappa shape index (κ1) is 27.6. The van der Waals surface area contributed by atoms with E-state index in [1.54, 1.807) is 24.1 Å². The van der Waals surface area contributed by atoms with Gasteiger partial charge in [-0.1, -0.05) is 36.4 Å². The van der Waals surface area contributed by atoms with Crippen molar-refractivity contribution >= 4 is 46.2 Å². The van der Waals surface area contributed by atoms with Crippen LogP contribution in [-0.2, 0) is 9.59 Å². The van der Waals surface area contributed by atoms with Crippen molar-refractivity contribution < 1.29 is 14.3 Å². The topological polar surface area (TPSA) is 68.4 Å². The second kappa shape index (κ2) is 12.9. The Morgan fingerprint density at radius 2 is 1.52 bits per heavy atom. The minimum atomic E-state index is -0.659. The molecule has 3 aromatic carbocycles. The van der Waals surface area contributed by atoms with Crippen LogP contribution >= 0.6 is 12.2 Å². The van der Waals surface area contributed by atoms with Gasteiger partial charge in [-0.05, 0) is 73.7 Å². The van der Waals surface area contributed by atoms with E-state index in [0.29, 0.717) is 28.8 Å². The SMILES string of the molecule is COc1ccc(N2C(=O)[C@@H](CC(=O)Nc3ccccc3)N(CCCN3CCN(c4ccccc4)CC3)C2=S)cc1. The van der Waals surface area contributed by atoms with Gasteiger partial charge < -0.3 is 19.9 Å². The van der Waals surface area contributed by atoms with Crippen molar-refractivity contribution in [3.63, 3.8) is 0 Å². The number of amides is 2. The number of ether oxygens (including phenoxy) is 1. The Morgan fingerprint density at radius 1 is 0.875 bits per heavy atom. The molecule has 8 nitrogen and oxygen atoms in total. The molecule has 0 spiro atoms. The van der Waals surface area contributed by atoms with Crippen molar-refractivity contribution in [2.45, 2.75) is 18.9 Å². The zero-order valence-electron chi connectivity index (χ0n) is 22.7. The summed E-state index contributed by atoms with van der Waals surface area (Å²) in [6.45, 7) is 5.44. The van der Waals surface area contributed by atoms with Gasteiger partial charge in [0.05, 0.1) is 19.2 Å². The molecule has 2 aliphatic heterocycles. The van der Waals surface area contributed by atoms with Crippen LogP contribution in [0, 0.1) is 0 Å². The molecule has 2 heterocycles. The lowest BCUT2D eigenvalue weighted by Crippen LogP contribution is -2.47. The summed E-state index contributed by atoms with van der Waals surface area (Å²) in [6, 6.07) is 26.4. The summed E-state index contributed by atoms with van der Waals surface area (Å²) >= 11 is 5.83. The monoisotopic (exact) mass is 557 g/mol. The highest BCUT2D eigenvalue weighted by Gasteiger charge is 2.44. The summed E-state index contributed by atoms with van der Waals surface area (Å²) in [7, 11) is 1.60. The van der Waals surface area contributed by atoms with Crippen LogP contribution in [0.4, 0.5) is 17.1 Å². The van der Waals surface area contributed by atoms with Gasteiger partial charge in [0.2, 0.25) is 5.91 Å². The van der Waals surface area contributed by atoms with E-state index in [4.69, 9.17) is 17.0 Å². The lowest BCUT2D eigenvalue weighted by atomic mass is 10.1. The number of carbonyl (C=O) groups excluding carboxylic acids is 2. The number of thiocarbonyl (C=S) groups is 1. The average molecular weight is 558 g/mol. The number of methoxy groups -OCH3 is 1. The first-order chi connectivity index (χ1) is 19.5. The highest BCUT2D eigenvalue weighted by Crippen LogP contribution is 2.29. The summed E-state index contributed by atoms with van der Waals surface area (Å²) in [6.07, 6.45) is 0.863. The van der Waals surface area contributed by atoms with E-state index in [2.05, 4.69) is 39.4 Å². The molecule has 0 aliphatic carbocycles. The molecule has 1 N–H and O–H groups in total. The molecule has 0 unspecified atom stereocenters. The highest BCUT2D eigenvalue weighted by atomic mass is 32.1. The van der Waals surface area contributed by atoms with Gasteiger partial charge in [-0.15, -0.1) is 0 Å². The van der Waals surface area contributed by atoms with Gasteiger partial charge in [-0.25, -0.2) is 0 Å². The largest absolute Gasteiger partial charge is 0.497 e. The fourth-order valence-corrected chi connectivity index (χ4v) is 5.71. The Balaban J connectivity index is 1.23. The molecule has 5 rings (SSSR count). The lowest BCUT2D eigenvalue weighted by Gasteiger charge is -2.36. The van der Waals surface area contributed by atoms with Crippen LogP contribution in [0.3, 0.4) is 0 Å². The molecule has 2 aliphatic rings. The number of nitrogens with zero attached hydrogens (tertiary/aromatic N) is 4. The Bertz CT molecular complexity index is 1300. The van der Waals surface area contributed by atoms with Crippen LogP contribution in [0.5, 0.6) is 5.75 Å². The van der Waals surface area contributed by atoms with Crippen LogP contribution in [0.1, 0.15) is 12.8 Å². The maximum Gasteiger partial charge on any atom is 0.256 e. The molecule has 0 aromatic heterocycles. The van der Waals surface area contributed by atoms with Gasteiger partial charge in [0.15, 0.2) is 5.11 Å². The van der Waals surface area contributed by atoms with Crippen LogP contribution in [0.2, 0.25) is 0 Å². The predicted molar refractivity (Wildman–Crippen MR) is 163 cm³/mol. The van der Waals surface area contributed by atoms with E-state index in [1.807, 2.05) is 53.4 Å². The van der Waals surface area contributed by atoms with Crippen molar-refractivity contribution in [1.82, 2.24) is 9.80 Å². The minimum Gasteiger partial charge on any atom is -0.497 e. The number of nitrogens with one attached hydrogen (secondary N) is 1. The van der Waals surface area contributed by atoms with Crippen LogP contribution in [-0.4, -0.2) is 79.1 Å². The molecule has 0 radical (unpaired) electrons. The molecule has 3 aromatic rings. The molecule has 2 fully saturated rings. The quantitative estimate of drug-likeness (QED) is 0.374. The number of hydrogen-bond acceptors (Lipinski definition) is 6. The zero-order valence-corrected chi connectivity index (χ0v) is 23.6. The van der Waals surface area contributed by atoms with E-state index in [9.17, 15) is 9.59 Å². The minimum absolute atomic E-state index is 0.0241. The van der Waals surface area contributed by atoms with Crippen molar-refractivity contribution in [2.75, 3.05) is 61.5 Å². The van der Waals surface area contributed by atoms with Crippen molar-refractivity contribution in [2.24, 2.45) is 0 Å². The molecule has 2 amide bonds. The number of hydrogen-bond donors (Lipinski definition) is 1. The first-order valence-electron chi connectivity index (χ1n) is 13.7. The third-order valence-electron chi connectivity index (χ3n) is 7.45. The van der Waals surface area contributed by atoms with Gasteiger partial charge in [0.1, 0.15) is 11.8 Å². The van der Waals surface area contributed by atoms with E-state index in [0.717, 1.165) is 39.1 Å². The van der Waals surface area contributed by atoms with Gasteiger partial charge in [-0.2, -0.15) is 0 Å². The molecule has 40 heavy (non-hydrogen) atoms. The summed E-state index contributed by atoms with van der Waals surface area (Å²) in [5.41, 5.74) is 2.64. The zero-order chi connectivity index (χ0) is 27.9. The van der Waals surface area contributed by atoms with Crippen LogP contribution in [0.25, 0.3) is 0 Å². The van der Waals surface area contributed by atoms with E-state index in [1.165, 1.54) is 5.69 Å². The number of carbonyl (C=O) groups is 2. The molecule has 2 saturated heterocycles. The third kappa shape index (κ3) is 6.43. The van der Waals surface area contributed by atoms with Gasteiger partial charge in [0, 0.05) is 44.1 Å². The third-order valence-corrected chi connectivity index (χ3v) is 7.87. The smallest absolute Gasteiger partial charge is 0.256 e. The fraction of sp³-hybridized carbons (Fsp3) is 0.323. The molecule has 208 valence electrons. The van der Waals surface area contributed by atoms with Crippen molar-refractivity contribution in [3.05, 3.63) is 84.9 Å². The van der Waals surface area contributed by atoms with E-state index >= 15 is 0 Å². The summed E-state index contributed by atoms with van der Waals surface area (Å²) in [4.78, 5) is 35.0. The number of para-hydroxylation sites is 2. The van der Waals surface area contributed by atoms with Crippen molar-refractivity contribution in [3.8, 4) is 5.75 Å². The first-order valence-corrected chi connectivity index (χ1v) is 14.1. The fourth-order valence-electron chi connectivity index (χ4n) is 5.30. The number of benzene rings is 3. The summed E-state index contributed by atoms with van der Waals surface area (Å²) < 4.78 is 5.27. The van der Waals surface area contributed by atoms with Crippen LogP contribution in [0.15, 0.2) is 84.9 Å². The Hall–Kier alpha value is -3.95. The van der Waals surface area contributed by atoms with Gasteiger partial charge in [0.25, 0.3) is 5.91 Å². The number of anilines is 3. The standard InChI is InChI=1S/C31H35N5O3S/c1-39-27-15-13-26(14-16-27)36-30(38)28(23-29(37)32-24-9-4-2-5-10-24)35(31(36)40)18-8-17-33-19-21-34(22-20-33)25-11-6-3-7-12-25/h2-7,9-16,28H,8,17-23H2,1H3,(H,32,37)/t28-/m1/s1.